The molecule has 0 rings (SSSR count). The molecule has 13 heavy (non-hydrogen) atoms. The lowest BCUT2D eigenvalue weighted by atomic mass is 10.1. The van der Waals surface area contributed by atoms with Crippen molar-refractivity contribution in [2.75, 3.05) is 0 Å². The van der Waals surface area contributed by atoms with Crippen LogP contribution < -0.4 is 5.73 Å². The predicted octanol–water partition coefficient (Wildman–Crippen LogP) is 1.20. The maximum atomic E-state index is 10.6. The molecule has 76 valence electrons. The minimum absolute atomic E-state index is 0.269. The van der Waals surface area contributed by atoms with Gasteiger partial charge in [0, 0.05) is 25.8 Å². The molecule has 0 atom stereocenters. The van der Waals surface area contributed by atoms with Crippen LogP contribution in [-0.4, -0.2) is 11.9 Å². The Morgan fingerprint density at radius 2 is 1.62 bits per heavy atom. The van der Waals surface area contributed by atoms with Crippen molar-refractivity contribution < 1.29 is 13.8 Å². The summed E-state index contributed by atoms with van der Waals surface area (Å²) in [6, 6.07) is 0. The molecule has 0 aliphatic carbocycles. The molecular formula is C8H15NO3S. The third-order valence-corrected chi connectivity index (χ3v) is 1.86. The summed E-state index contributed by atoms with van der Waals surface area (Å²) in [6.45, 7) is 0. The number of carbonyl (C=O) groups excluding carboxylic acids is 2. The Morgan fingerprint density at radius 3 is 2.08 bits per heavy atom. The molecule has 0 aromatic heterocycles. The van der Waals surface area contributed by atoms with Crippen LogP contribution in [0.5, 0.6) is 0 Å². The van der Waals surface area contributed by atoms with Crippen molar-refractivity contribution in [1.82, 2.24) is 0 Å². The van der Waals surface area contributed by atoms with Crippen LogP contribution in [0.3, 0.4) is 0 Å². The van der Waals surface area contributed by atoms with Crippen molar-refractivity contribution in [1.29, 1.82) is 0 Å². The van der Waals surface area contributed by atoms with Crippen molar-refractivity contribution in [2.45, 2.75) is 38.5 Å². The van der Waals surface area contributed by atoms with E-state index < -0.39 is 0 Å². The average molecular weight is 205 g/mol. The minimum Gasteiger partial charge on any atom is -0.395 e. The molecule has 0 aromatic rings. The van der Waals surface area contributed by atoms with Gasteiger partial charge in [0.05, 0.1) is 0 Å². The first-order chi connectivity index (χ1) is 6.16. The Labute approximate surface area is 83.4 Å². The molecule has 0 radical (unpaired) electrons. The molecule has 0 aliphatic heterocycles. The van der Waals surface area contributed by atoms with Gasteiger partial charge in [-0.3, -0.25) is 9.59 Å². The van der Waals surface area contributed by atoms with E-state index in [0.717, 1.165) is 25.7 Å². The molecule has 0 fully saturated rings. The number of unbranched alkanes of at least 4 members (excludes halogenated alkanes) is 3. The summed E-state index contributed by atoms with van der Waals surface area (Å²) in [6.07, 6.45) is 4.22. The number of rotatable bonds is 7. The fourth-order valence-electron chi connectivity index (χ4n) is 0.968. The Balaban J connectivity index is 3.08. The zero-order chi connectivity index (χ0) is 10.1. The van der Waals surface area contributed by atoms with E-state index in [1.165, 1.54) is 0 Å². The van der Waals surface area contributed by atoms with E-state index in [4.69, 9.17) is 5.73 Å². The lowest BCUT2D eigenvalue weighted by Gasteiger charge is -1.98. The Kier molecular flexibility index (Phi) is 7.48. The standard InChI is InChI=1S/C8H15NO3S/c9-7(10)5-3-1-2-4-6-8(11)12-13/h13H,1-6H2,(H2,9,10). The summed E-state index contributed by atoms with van der Waals surface area (Å²) in [5.41, 5.74) is 4.95. The van der Waals surface area contributed by atoms with Crippen molar-refractivity contribution in [3.8, 4) is 0 Å². The van der Waals surface area contributed by atoms with Gasteiger partial charge in [0.15, 0.2) is 0 Å². The molecule has 5 heteroatoms. The van der Waals surface area contributed by atoms with Crippen LogP contribution >= 0.6 is 12.9 Å². The molecule has 0 bridgehead atoms. The Morgan fingerprint density at radius 1 is 1.08 bits per heavy atom. The van der Waals surface area contributed by atoms with Crippen LogP contribution in [0.4, 0.5) is 0 Å². The van der Waals surface area contributed by atoms with Crippen molar-refractivity contribution in [3.05, 3.63) is 0 Å². The zero-order valence-corrected chi connectivity index (χ0v) is 8.39. The topological polar surface area (TPSA) is 69.4 Å². The highest BCUT2D eigenvalue weighted by atomic mass is 32.1. The smallest absolute Gasteiger partial charge is 0.317 e. The highest BCUT2D eigenvalue weighted by molar-refractivity contribution is 7.75. The van der Waals surface area contributed by atoms with Gasteiger partial charge in [0.2, 0.25) is 5.91 Å². The quantitative estimate of drug-likeness (QED) is 0.373. The highest BCUT2D eigenvalue weighted by Crippen LogP contribution is 2.06. The molecule has 0 spiro atoms. The molecule has 0 aromatic carbocycles. The van der Waals surface area contributed by atoms with E-state index in [-0.39, 0.29) is 11.9 Å². The maximum absolute atomic E-state index is 10.6. The maximum Gasteiger partial charge on any atom is 0.317 e. The third kappa shape index (κ3) is 9.20. The van der Waals surface area contributed by atoms with E-state index in [1.54, 1.807) is 0 Å². The third-order valence-electron chi connectivity index (χ3n) is 1.66. The molecule has 0 saturated heterocycles. The first-order valence-corrected chi connectivity index (χ1v) is 4.66. The Bertz CT molecular complexity index is 173. The number of hydrogen-bond donors (Lipinski definition) is 2. The van der Waals surface area contributed by atoms with Crippen LogP contribution in [0.15, 0.2) is 0 Å². The van der Waals surface area contributed by atoms with Crippen LogP contribution in [0.25, 0.3) is 0 Å². The SMILES string of the molecule is NC(=O)CCCCCCC(=O)OS. The second-order valence-corrected chi connectivity index (χ2v) is 3.03. The van der Waals surface area contributed by atoms with E-state index in [0.29, 0.717) is 12.8 Å². The van der Waals surface area contributed by atoms with Gasteiger partial charge in [-0.05, 0) is 12.8 Å². The Hall–Kier alpha value is -0.710. The largest absolute Gasteiger partial charge is 0.395 e. The molecule has 0 heterocycles. The van der Waals surface area contributed by atoms with Crippen molar-refractivity contribution in [3.63, 3.8) is 0 Å². The van der Waals surface area contributed by atoms with Gasteiger partial charge in [-0.25, -0.2) is 0 Å². The van der Waals surface area contributed by atoms with Crippen molar-refractivity contribution in [2.24, 2.45) is 5.73 Å². The first kappa shape index (κ1) is 12.3. The second-order valence-electron chi connectivity index (χ2n) is 2.84. The summed E-state index contributed by atoms with van der Waals surface area (Å²) >= 11 is 3.38. The summed E-state index contributed by atoms with van der Waals surface area (Å²) in [5.74, 6) is -0.576. The molecule has 0 unspecified atom stereocenters. The number of primary amides is 1. The van der Waals surface area contributed by atoms with Crippen LogP contribution in [0, 0.1) is 0 Å². The van der Waals surface area contributed by atoms with E-state index in [2.05, 4.69) is 17.1 Å². The second kappa shape index (κ2) is 7.91. The van der Waals surface area contributed by atoms with Crippen molar-refractivity contribution >= 4 is 24.8 Å². The lowest BCUT2D eigenvalue weighted by molar-refractivity contribution is -0.133. The molecule has 2 N–H and O–H groups in total. The molecule has 0 aliphatic rings. The van der Waals surface area contributed by atoms with Gasteiger partial charge in [-0.1, -0.05) is 12.8 Å². The minimum atomic E-state index is -0.307. The molecular weight excluding hydrogens is 190 g/mol. The summed E-state index contributed by atoms with van der Waals surface area (Å²) < 4.78 is 4.18. The summed E-state index contributed by atoms with van der Waals surface area (Å²) in [4.78, 5) is 20.9. The van der Waals surface area contributed by atoms with Gasteiger partial charge < -0.3 is 9.92 Å². The zero-order valence-electron chi connectivity index (χ0n) is 7.49. The first-order valence-electron chi connectivity index (χ1n) is 4.29. The van der Waals surface area contributed by atoms with E-state index >= 15 is 0 Å². The average Bonchev–Trinajstić information content (AvgIpc) is 2.10. The van der Waals surface area contributed by atoms with Gasteiger partial charge in [-0.15, -0.1) is 0 Å². The predicted molar refractivity (Wildman–Crippen MR) is 52.0 cm³/mol. The number of carbonyl (C=O) groups is 2. The molecule has 0 saturated carbocycles. The van der Waals surface area contributed by atoms with Gasteiger partial charge in [0.25, 0.3) is 0 Å². The van der Waals surface area contributed by atoms with Crippen LogP contribution in [-0.2, 0) is 13.8 Å². The normalized spacial score (nSPS) is 9.62. The monoisotopic (exact) mass is 205 g/mol. The summed E-state index contributed by atoms with van der Waals surface area (Å²) in [5, 5.41) is 0. The van der Waals surface area contributed by atoms with E-state index in [9.17, 15) is 9.59 Å². The fourth-order valence-corrected chi connectivity index (χ4v) is 1.06. The molecule has 4 nitrogen and oxygen atoms in total. The number of thiol groups is 1. The lowest BCUT2D eigenvalue weighted by Crippen LogP contribution is -2.09. The summed E-state index contributed by atoms with van der Waals surface area (Å²) in [7, 11) is 0. The van der Waals surface area contributed by atoms with Gasteiger partial charge >= 0.3 is 5.97 Å². The number of nitrogens with two attached hydrogens (primary N) is 1. The highest BCUT2D eigenvalue weighted by Gasteiger charge is 2.00. The number of amides is 1. The van der Waals surface area contributed by atoms with E-state index in [1.807, 2.05) is 0 Å². The fraction of sp³-hybridized carbons (Fsp3) is 0.750. The van der Waals surface area contributed by atoms with Gasteiger partial charge in [-0.2, -0.15) is 0 Å². The number of hydrogen-bond acceptors (Lipinski definition) is 4. The van der Waals surface area contributed by atoms with Gasteiger partial charge in [0.1, 0.15) is 0 Å². The molecule has 1 amide bonds. The van der Waals surface area contributed by atoms with Crippen LogP contribution in [0.2, 0.25) is 0 Å². The van der Waals surface area contributed by atoms with Crippen LogP contribution in [0.1, 0.15) is 38.5 Å².